The van der Waals surface area contributed by atoms with Gasteiger partial charge >= 0.3 is 0 Å². The summed E-state index contributed by atoms with van der Waals surface area (Å²) >= 11 is 2.18. The maximum atomic E-state index is 11.2. The monoisotopic (exact) mass is 280 g/mol. The van der Waals surface area contributed by atoms with Gasteiger partial charge in [-0.05, 0) is 6.92 Å². The molecule has 1 aromatic rings. The van der Waals surface area contributed by atoms with Gasteiger partial charge in [0.25, 0.3) is 5.91 Å². The number of carbonyl (C=O) groups excluding carboxylic acids is 1. The van der Waals surface area contributed by atoms with E-state index in [1.807, 2.05) is 0 Å². The predicted octanol–water partition coefficient (Wildman–Crippen LogP) is 1.15. The van der Waals surface area contributed by atoms with Crippen molar-refractivity contribution in [2.45, 2.75) is 6.92 Å². The SMILES string of the molecule is Cc1cc(C(=O)NCCI)on1. The minimum Gasteiger partial charge on any atom is -0.351 e. The van der Waals surface area contributed by atoms with Gasteiger partial charge in [-0.25, -0.2) is 0 Å². The fraction of sp³-hybridized carbons (Fsp3) is 0.429. The van der Waals surface area contributed by atoms with Gasteiger partial charge in [-0.2, -0.15) is 0 Å². The van der Waals surface area contributed by atoms with Crippen molar-refractivity contribution in [2.24, 2.45) is 0 Å². The lowest BCUT2D eigenvalue weighted by atomic mass is 10.4. The van der Waals surface area contributed by atoms with E-state index < -0.39 is 0 Å². The first-order valence-corrected chi connectivity index (χ1v) is 5.04. The molecule has 0 saturated heterocycles. The minimum atomic E-state index is -0.202. The molecule has 0 atom stereocenters. The van der Waals surface area contributed by atoms with E-state index in [0.717, 1.165) is 10.1 Å². The summed E-state index contributed by atoms with van der Waals surface area (Å²) in [6.45, 7) is 2.43. The molecule has 0 aromatic carbocycles. The van der Waals surface area contributed by atoms with Crippen molar-refractivity contribution in [2.75, 3.05) is 11.0 Å². The second-order valence-electron chi connectivity index (χ2n) is 2.28. The molecule has 1 N–H and O–H groups in total. The van der Waals surface area contributed by atoms with Gasteiger partial charge in [-0.15, -0.1) is 0 Å². The van der Waals surface area contributed by atoms with E-state index in [1.54, 1.807) is 13.0 Å². The zero-order valence-corrected chi connectivity index (χ0v) is 8.79. The van der Waals surface area contributed by atoms with Gasteiger partial charge in [0.2, 0.25) is 5.76 Å². The molecular weight excluding hydrogens is 271 g/mol. The fourth-order valence-corrected chi connectivity index (χ4v) is 0.988. The molecule has 4 nitrogen and oxygen atoms in total. The largest absolute Gasteiger partial charge is 0.351 e. The lowest BCUT2D eigenvalue weighted by Crippen LogP contribution is -2.24. The Morgan fingerprint density at radius 3 is 3.08 bits per heavy atom. The Bertz CT molecular complexity index is 272. The first kappa shape index (κ1) is 9.50. The van der Waals surface area contributed by atoms with Gasteiger partial charge < -0.3 is 9.84 Å². The van der Waals surface area contributed by atoms with Crippen molar-refractivity contribution in [3.05, 3.63) is 17.5 Å². The molecule has 0 saturated carbocycles. The van der Waals surface area contributed by atoms with Crippen LogP contribution in [0.1, 0.15) is 16.2 Å². The summed E-state index contributed by atoms with van der Waals surface area (Å²) in [4.78, 5) is 11.2. The van der Waals surface area contributed by atoms with Crippen LogP contribution in [0.2, 0.25) is 0 Å². The van der Waals surface area contributed by atoms with Crippen LogP contribution in [0.3, 0.4) is 0 Å². The van der Waals surface area contributed by atoms with Crippen LogP contribution in [0.15, 0.2) is 10.6 Å². The van der Waals surface area contributed by atoms with Gasteiger partial charge in [0, 0.05) is 17.0 Å². The molecule has 0 aliphatic rings. The molecule has 5 heteroatoms. The molecule has 0 spiro atoms. The van der Waals surface area contributed by atoms with Crippen LogP contribution in [0, 0.1) is 6.92 Å². The highest BCUT2D eigenvalue weighted by Gasteiger charge is 2.09. The number of aryl methyl sites for hydroxylation is 1. The molecule has 0 aliphatic heterocycles. The van der Waals surface area contributed by atoms with Gasteiger partial charge in [0.05, 0.1) is 5.69 Å². The second-order valence-corrected chi connectivity index (χ2v) is 3.36. The van der Waals surface area contributed by atoms with E-state index in [1.165, 1.54) is 0 Å². The predicted molar refractivity (Wildman–Crippen MR) is 52.5 cm³/mol. The molecule has 0 unspecified atom stereocenters. The van der Waals surface area contributed by atoms with Crippen LogP contribution < -0.4 is 5.32 Å². The molecule has 66 valence electrons. The molecular formula is C7H9IN2O2. The van der Waals surface area contributed by atoms with Crippen molar-refractivity contribution in [3.63, 3.8) is 0 Å². The van der Waals surface area contributed by atoms with Crippen LogP contribution >= 0.6 is 22.6 Å². The van der Waals surface area contributed by atoms with Crippen molar-refractivity contribution in [1.29, 1.82) is 0 Å². The van der Waals surface area contributed by atoms with Crippen molar-refractivity contribution < 1.29 is 9.32 Å². The Hall–Kier alpha value is -0.590. The number of halogens is 1. The summed E-state index contributed by atoms with van der Waals surface area (Å²) in [5.41, 5.74) is 0.717. The van der Waals surface area contributed by atoms with Crippen molar-refractivity contribution in [3.8, 4) is 0 Å². The number of carbonyl (C=O) groups is 1. The minimum absolute atomic E-state index is 0.202. The topological polar surface area (TPSA) is 55.1 Å². The summed E-state index contributed by atoms with van der Waals surface area (Å²) < 4.78 is 5.64. The third-order valence-electron chi connectivity index (χ3n) is 1.23. The average molecular weight is 280 g/mol. The number of hydrogen-bond donors (Lipinski definition) is 1. The van der Waals surface area contributed by atoms with Crippen molar-refractivity contribution >= 4 is 28.5 Å². The molecule has 1 aromatic heterocycles. The number of nitrogens with zero attached hydrogens (tertiary/aromatic N) is 1. The van der Waals surface area contributed by atoms with E-state index in [9.17, 15) is 4.79 Å². The fourth-order valence-electron chi connectivity index (χ4n) is 0.718. The Kier molecular flexibility index (Phi) is 3.51. The van der Waals surface area contributed by atoms with E-state index >= 15 is 0 Å². The highest BCUT2D eigenvalue weighted by Crippen LogP contribution is 2.00. The van der Waals surface area contributed by atoms with Crippen LogP contribution in [0.25, 0.3) is 0 Å². The van der Waals surface area contributed by atoms with Crippen LogP contribution in [-0.2, 0) is 0 Å². The normalized spacial score (nSPS) is 9.83. The van der Waals surface area contributed by atoms with Crippen LogP contribution in [-0.4, -0.2) is 22.0 Å². The Labute approximate surface area is 83.8 Å². The summed E-state index contributed by atoms with van der Waals surface area (Å²) in [5, 5.41) is 6.29. The van der Waals surface area contributed by atoms with E-state index in [-0.39, 0.29) is 11.7 Å². The number of hydrogen-bond acceptors (Lipinski definition) is 3. The zero-order valence-electron chi connectivity index (χ0n) is 6.63. The van der Waals surface area contributed by atoms with Crippen LogP contribution in [0.5, 0.6) is 0 Å². The zero-order chi connectivity index (χ0) is 8.97. The van der Waals surface area contributed by atoms with E-state index in [0.29, 0.717) is 6.54 Å². The first-order chi connectivity index (χ1) is 5.74. The molecule has 0 fully saturated rings. The van der Waals surface area contributed by atoms with Gasteiger partial charge in [-0.1, -0.05) is 27.7 Å². The summed E-state index contributed by atoms with van der Waals surface area (Å²) in [5.74, 6) is 0.0737. The highest BCUT2D eigenvalue weighted by atomic mass is 127. The summed E-state index contributed by atoms with van der Waals surface area (Å²) in [6.07, 6.45) is 0. The maximum Gasteiger partial charge on any atom is 0.289 e. The summed E-state index contributed by atoms with van der Waals surface area (Å²) in [7, 11) is 0. The number of nitrogens with one attached hydrogen (secondary N) is 1. The van der Waals surface area contributed by atoms with Gasteiger partial charge in [0.1, 0.15) is 0 Å². The van der Waals surface area contributed by atoms with E-state index in [4.69, 9.17) is 4.52 Å². The Morgan fingerprint density at radius 1 is 1.83 bits per heavy atom. The third-order valence-corrected chi connectivity index (χ3v) is 1.77. The van der Waals surface area contributed by atoms with E-state index in [2.05, 4.69) is 33.1 Å². The molecule has 1 rings (SSSR count). The van der Waals surface area contributed by atoms with Crippen molar-refractivity contribution in [1.82, 2.24) is 10.5 Å². The maximum absolute atomic E-state index is 11.2. The lowest BCUT2D eigenvalue weighted by Gasteiger charge is -1.96. The van der Waals surface area contributed by atoms with Gasteiger partial charge in [0.15, 0.2) is 0 Å². The molecule has 0 bridgehead atoms. The second kappa shape index (κ2) is 4.44. The number of rotatable bonds is 3. The molecule has 12 heavy (non-hydrogen) atoms. The Morgan fingerprint density at radius 2 is 2.58 bits per heavy atom. The molecule has 1 amide bonds. The summed E-state index contributed by atoms with van der Waals surface area (Å²) in [6, 6.07) is 1.61. The average Bonchev–Trinajstić information content (AvgIpc) is 2.47. The van der Waals surface area contributed by atoms with Gasteiger partial charge in [-0.3, -0.25) is 4.79 Å². The lowest BCUT2D eigenvalue weighted by molar-refractivity contribution is 0.0919. The van der Waals surface area contributed by atoms with Crippen LogP contribution in [0.4, 0.5) is 0 Å². The number of aromatic nitrogens is 1. The molecule has 0 aliphatic carbocycles. The number of alkyl halides is 1. The number of amides is 1. The third kappa shape index (κ3) is 2.47. The molecule has 1 heterocycles. The quantitative estimate of drug-likeness (QED) is 0.667. The molecule has 0 radical (unpaired) electrons. The smallest absolute Gasteiger partial charge is 0.289 e. The standard InChI is InChI=1S/C7H9IN2O2/c1-5-4-6(12-10-5)7(11)9-3-2-8/h4H,2-3H2,1H3,(H,9,11). The Balaban J connectivity index is 2.53. The first-order valence-electron chi connectivity index (χ1n) is 3.51. The highest BCUT2D eigenvalue weighted by molar-refractivity contribution is 14.1.